The number of nitrogens with one attached hydrogen (secondary N) is 2. The number of benzene rings is 1. The van der Waals surface area contributed by atoms with Gasteiger partial charge in [-0.1, -0.05) is 29.4 Å². The van der Waals surface area contributed by atoms with Crippen molar-refractivity contribution < 1.29 is 14.1 Å². The van der Waals surface area contributed by atoms with E-state index in [4.69, 9.17) is 4.52 Å². The highest BCUT2D eigenvalue weighted by Gasteiger charge is 2.18. The number of hydrogen-bond donors (Lipinski definition) is 2. The molecule has 0 radical (unpaired) electrons. The van der Waals surface area contributed by atoms with Gasteiger partial charge in [-0.25, -0.2) is 0 Å². The molecule has 0 saturated heterocycles. The van der Waals surface area contributed by atoms with E-state index in [1.54, 1.807) is 19.9 Å². The summed E-state index contributed by atoms with van der Waals surface area (Å²) in [4.78, 5) is 24.2. The van der Waals surface area contributed by atoms with E-state index in [1.165, 1.54) is 11.8 Å². The number of carbonyl (C=O) groups excluding carboxylic acids is 2. The molecule has 0 bridgehead atoms. The summed E-state index contributed by atoms with van der Waals surface area (Å²) < 4.78 is 4.90. The van der Waals surface area contributed by atoms with E-state index in [9.17, 15) is 9.59 Å². The fraction of sp³-hybridized carbons (Fsp3) is 0.389. The fourth-order valence-electron chi connectivity index (χ4n) is 2.36. The van der Waals surface area contributed by atoms with E-state index in [0.717, 1.165) is 11.1 Å². The molecule has 0 aliphatic rings. The third kappa shape index (κ3) is 5.63. The van der Waals surface area contributed by atoms with Gasteiger partial charge in [-0.2, -0.15) is 0 Å². The molecule has 2 atom stereocenters. The SMILES string of the molecule is Cc1cc(NC(=O)C(C)SCC(=O)NC(C)c2ccccc2C)no1. The molecule has 0 aliphatic heterocycles. The highest BCUT2D eigenvalue weighted by atomic mass is 32.2. The zero-order valence-corrected chi connectivity index (χ0v) is 15.6. The Bertz CT molecular complexity index is 745. The van der Waals surface area contributed by atoms with Gasteiger partial charge >= 0.3 is 0 Å². The molecule has 0 spiro atoms. The minimum absolute atomic E-state index is 0.0726. The van der Waals surface area contributed by atoms with Crippen LogP contribution in [0.25, 0.3) is 0 Å². The zero-order chi connectivity index (χ0) is 18.4. The van der Waals surface area contributed by atoms with Gasteiger partial charge in [0, 0.05) is 6.07 Å². The van der Waals surface area contributed by atoms with Crippen molar-refractivity contribution in [2.45, 2.75) is 39.0 Å². The lowest BCUT2D eigenvalue weighted by Gasteiger charge is -2.17. The third-order valence-electron chi connectivity index (χ3n) is 3.75. The Kier molecular flexibility index (Phi) is 6.64. The number of hydrogen-bond acceptors (Lipinski definition) is 5. The van der Waals surface area contributed by atoms with E-state index in [2.05, 4.69) is 15.8 Å². The second-order valence-corrected chi connectivity index (χ2v) is 7.24. The number of thioether (sulfide) groups is 1. The van der Waals surface area contributed by atoms with Crippen LogP contribution in [0.3, 0.4) is 0 Å². The maximum atomic E-state index is 12.1. The van der Waals surface area contributed by atoms with Crippen LogP contribution in [-0.4, -0.2) is 28.0 Å². The molecule has 0 aliphatic carbocycles. The van der Waals surface area contributed by atoms with Gasteiger partial charge in [-0.05, 0) is 38.8 Å². The van der Waals surface area contributed by atoms with Crippen LogP contribution in [0.5, 0.6) is 0 Å². The lowest BCUT2D eigenvalue weighted by Crippen LogP contribution is -2.30. The number of anilines is 1. The van der Waals surface area contributed by atoms with Gasteiger partial charge in [0.25, 0.3) is 0 Å². The molecular weight excluding hydrogens is 338 g/mol. The first-order valence-corrected chi connectivity index (χ1v) is 9.12. The summed E-state index contributed by atoms with van der Waals surface area (Å²) >= 11 is 1.28. The summed E-state index contributed by atoms with van der Waals surface area (Å²) in [6.45, 7) is 7.48. The molecule has 2 N–H and O–H groups in total. The Labute approximate surface area is 151 Å². The Morgan fingerprint density at radius 2 is 1.96 bits per heavy atom. The number of aryl methyl sites for hydroxylation is 2. The Morgan fingerprint density at radius 3 is 2.60 bits per heavy atom. The molecular formula is C18H23N3O3S. The first-order chi connectivity index (χ1) is 11.9. The van der Waals surface area contributed by atoms with Crippen LogP contribution in [0, 0.1) is 13.8 Å². The van der Waals surface area contributed by atoms with Crippen molar-refractivity contribution in [3.63, 3.8) is 0 Å². The first-order valence-electron chi connectivity index (χ1n) is 8.07. The van der Waals surface area contributed by atoms with E-state index >= 15 is 0 Å². The van der Waals surface area contributed by atoms with Crippen LogP contribution < -0.4 is 10.6 Å². The summed E-state index contributed by atoms with van der Waals surface area (Å²) in [5.74, 6) is 0.909. The van der Waals surface area contributed by atoms with Crippen LogP contribution >= 0.6 is 11.8 Å². The lowest BCUT2D eigenvalue weighted by atomic mass is 10.0. The normalized spacial score (nSPS) is 13.1. The standard InChI is InChI=1S/C18H23N3O3S/c1-11-7-5-6-8-15(11)13(3)19-17(22)10-25-14(4)18(23)20-16-9-12(2)24-21-16/h5-9,13-14H,10H2,1-4H3,(H,19,22)(H,20,21,23). The van der Waals surface area contributed by atoms with E-state index in [-0.39, 0.29) is 28.9 Å². The summed E-state index contributed by atoms with van der Waals surface area (Å²) in [7, 11) is 0. The Morgan fingerprint density at radius 1 is 1.24 bits per heavy atom. The second kappa shape index (κ2) is 8.71. The summed E-state index contributed by atoms with van der Waals surface area (Å²) in [6.07, 6.45) is 0. The molecule has 25 heavy (non-hydrogen) atoms. The lowest BCUT2D eigenvalue weighted by molar-refractivity contribution is -0.119. The van der Waals surface area contributed by atoms with E-state index in [1.807, 2.05) is 38.1 Å². The topological polar surface area (TPSA) is 84.2 Å². The van der Waals surface area contributed by atoms with Crippen LogP contribution in [0.15, 0.2) is 34.9 Å². The van der Waals surface area contributed by atoms with Crippen LogP contribution in [0.2, 0.25) is 0 Å². The van der Waals surface area contributed by atoms with Gasteiger partial charge in [0.1, 0.15) is 5.76 Å². The maximum Gasteiger partial charge on any atom is 0.238 e. The molecule has 1 heterocycles. The van der Waals surface area contributed by atoms with Crippen molar-refractivity contribution in [2.75, 3.05) is 11.1 Å². The molecule has 134 valence electrons. The van der Waals surface area contributed by atoms with Gasteiger partial charge in [-0.3, -0.25) is 9.59 Å². The number of rotatable bonds is 7. The number of aromatic nitrogens is 1. The van der Waals surface area contributed by atoms with Crippen molar-refractivity contribution in [3.05, 3.63) is 47.2 Å². The van der Waals surface area contributed by atoms with E-state index in [0.29, 0.717) is 11.6 Å². The molecule has 1 aromatic heterocycles. The highest BCUT2D eigenvalue weighted by Crippen LogP contribution is 2.18. The monoisotopic (exact) mass is 361 g/mol. The average Bonchev–Trinajstić information content (AvgIpc) is 2.97. The van der Waals surface area contributed by atoms with Crippen LogP contribution in [-0.2, 0) is 9.59 Å². The summed E-state index contributed by atoms with van der Waals surface area (Å²) in [5.41, 5.74) is 2.23. The molecule has 0 saturated carbocycles. The first kappa shape index (κ1) is 19.1. The van der Waals surface area contributed by atoms with E-state index < -0.39 is 0 Å². The molecule has 7 heteroatoms. The van der Waals surface area contributed by atoms with Gasteiger partial charge in [0.2, 0.25) is 11.8 Å². The third-order valence-corrected chi connectivity index (χ3v) is 4.89. The number of carbonyl (C=O) groups is 2. The summed E-state index contributed by atoms with van der Waals surface area (Å²) in [5, 5.41) is 8.97. The van der Waals surface area contributed by atoms with Gasteiger partial charge in [0.05, 0.1) is 17.0 Å². The number of amides is 2. The maximum absolute atomic E-state index is 12.1. The molecule has 2 amide bonds. The van der Waals surface area contributed by atoms with Crippen LogP contribution in [0.4, 0.5) is 5.82 Å². The minimum Gasteiger partial charge on any atom is -0.360 e. The summed E-state index contributed by atoms with van der Waals surface area (Å²) in [6, 6.07) is 9.52. The Balaban J connectivity index is 1.78. The highest BCUT2D eigenvalue weighted by molar-refractivity contribution is 8.01. The predicted molar refractivity (Wildman–Crippen MR) is 99.5 cm³/mol. The van der Waals surface area contributed by atoms with Crippen LogP contribution in [0.1, 0.15) is 36.8 Å². The fourth-order valence-corrected chi connectivity index (χ4v) is 3.06. The Hall–Kier alpha value is -2.28. The van der Waals surface area contributed by atoms with Crippen molar-refractivity contribution in [1.82, 2.24) is 10.5 Å². The quantitative estimate of drug-likeness (QED) is 0.791. The smallest absolute Gasteiger partial charge is 0.238 e. The second-order valence-electron chi connectivity index (χ2n) is 5.91. The van der Waals surface area contributed by atoms with Gasteiger partial charge < -0.3 is 15.2 Å². The number of nitrogens with zero attached hydrogens (tertiary/aromatic N) is 1. The largest absolute Gasteiger partial charge is 0.360 e. The predicted octanol–water partition coefficient (Wildman–Crippen LogP) is 3.23. The zero-order valence-electron chi connectivity index (χ0n) is 14.8. The molecule has 2 aromatic rings. The molecule has 1 aromatic carbocycles. The average molecular weight is 361 g/mol. The minimum atomic E-state index is -0.378. The molecule has 2 rings (SSSR count). The molecule has 6 nitrogen and oxygen atoms in total. The molecule has 0 fully saturated rings. The van der Waals surface area contributed by atoms with Gasteiger partial charge in [-0.15, -0.1) is 11.8 Å². The van der Waals surface area contributed by atoms with Crippen molar-refractivity contribution in [2.24, 2.45) is 0 Å². The van der Waals surface area contributed by atoms with Crippen molar-refractivity contribution in [3.8, 4) is 0 Å². The van der Waals surface area contributed by atoms with Crippen molar-refractivity contribution >= 4 is 29.4 Å². The van der Waals surface area contributed by atoms with Gasteiger partial charge in [0.15, 0.2) is 5.82 Å². The molecule has 2 unspecified atom stereocenters. The van der Waals surface area contributed by atoms with Crippen molar-refractivity contribution in [1.29, 1.82) is 0 Å².